The Morgan fingerprint density at radius 3 is 2.59 bits per heavy atom. The van der Waals surface area contributed by atoms with Crippen LogP contribution in [0.4, 0.5) is 14.5 Å². The highest BCUT2D eigenvalue weighted by atomic mass is 19.1. The van der Waals surface area contributed by atoms with Crippen LogP contribution in [0.1, 0.15) is 5.56 Å². The summed E-state index contributed by atoms with van der Waals surface area (Å²) < 4.78 is 31.5. The smallest absolute Gasteiger partial charge is 0.193 e. The van der Waals surface area contributed by atoms with E-state index in [9.17, 15) is 8.78 Å². The van der Waals surface area contributed by atoms with Gasteiger partial charge in [-0.25, -0.2) is 8.78 Å². The number of anilines is 1. The van der Waals surface area contributed by atoms with E-state index >= 15 is 0 Å². The maximum Gasteiger partial charge on any atom is 0.193 e. The summed E-state index contributed by atoms with van der Waals surface area (Å²) in [5.74, 6) is 0.0348. The molecule has 0 saturated heterocycles. The van der Waals surface area contributed by atoms with Gasteiger partial charge in [-0.3, -0.25) is 4.99 Å². The van der Waals surface area contributed by atoms with Gasteiger partial charge in [-0.15, -0.1) is 0 Å². The van der Waals surface area contributed by atoms with Crippen molar-refractivity contribution in [3.63, 3.8) is 0 Å². The Morgan fingerprint density at radius 2 is 1.91 bits per heavy atom. The molecule has 0 heterocycles. The third-order valence-electron chi connectivity index (χ3n) is 3.03. The van der Waals surface area contributed by atoms with E-state index < -0.39 is 11.6 Å². The van der Waals surface area contributed by atoms with Gasteiger partial charge in [-0.2, -0.15) is 0 Å². The summed E-state index contributed by atoms with van der Waals surface area (Å²) in [6.45, 7) is 0.259. The molecule has 0 atom stereocenters. The number of methoxy groups -OCH3 is 1. The van der Waals surface area contributed by atoms with Crippen molar-refractivity contribution in [2.24, 2.45) is 10.7 Å². The minimum absolute atomic E-state index is 0.210. The molecule has 2 aromatic carbocycles. The van der Waals surface area contributed by atoms with E-state index in [0.29, 0.717) is 0 Å². The molecule has 0 aromatic heterocycles. The van der Waals surface area contributed by atoms with Crippen LogP contribution in [-0.2, 0) is 6.42 Å². The number of nitrogens with one attached hydrogen (secondary N) is 1. The standard InChI is InChI=1S/C16H17F2N3O/c1-22-14-5-3-13(4-6-14)21-16(19)20-9-8-11-10-12(17)2-7-15(11)18/h2-7,10H,8-9H2,1H3,(H3,19,20,21). The Kier molecular flexibility index (Phi) is 5.30. The molecular formula is C16H17F2N3O. The van der Waals surface area contributed by atoms with Crippen LogP contribution in [-0.4, -0.2) is 19.6 Å². The molecule has 0 amide bonds. The highest BCUT2D eigenvalue weighted by Crippen LogP contribution is 2.14. The zero-order valence-corrected chi connectivity index (χ0v) is 12.1. The molecule has 2 aromatic rings. The zero-order valence-electron chi connectivity index (χ0n) is 12.1. The Bertz CT molecular complexity index is 657. The Labute approximate surface area is 127 Å². The van der Waals surface area contributed by atoms with Crippen molar-refractivity contribution in [2.45, 2.75) is 6.42 Å². The van der Waals surface area contributed by atoms with Gasteiger partial charge in [0.05, 0.1) is 7.11 Å². The maximum atomic E-state index is 13.4. The largest absolute Gasteiger partial charge is 0.497 e. The van der Waals surface area contributed by atoms with Gasteiger partial charge in [0.2, 0.25) is 0 Å². The Balaban J connectivity index is 1.90. The third-order valence-corrected chi connectivity index (χ3v) is 3.03. The van der Waals surface area contributed by atoms with Crippen LogP contribution >= 0.6 is 0 Å². The van der Waals surface area contributed by atoms with E-state index in [1.807, 2.05) is 0 Å². The fourth-order valence-corrected chi connectivity index (χ4v) is 1.89. The minimum Gasteiger partial charge on any atom is -0.497 e. The summed E-state index contributed by atoms with van der Waals surface area (Å²) in [7, 11) is 1.59. The predicted octanol–water partition coefficient (Wildman–Crippen LogP) is 2.94. The van der Waals surface area contributed by atoms with Crippen LogP contribution in [0.3, 0.4) is 0 Å². The van der Waals surface area contributed by atoms with Crippen molar-refractivity contribution in [1.29, 1.82) is 0 Å². The average molecular weight is 305 g/mol. The van der Waals surface area contributed by atoms with Crippen LogP contribution in [0, 0.1) is 11.6 Å². The number of ether oxygens (including phenoxy) is 1. The molecular weight excluding hydrogens is 288 g/mol. The van der Waals surface area contributed by atoms with Gasteiger partial charge in [0.1, 0.15) is 17.4 Å². The molecule has 0 fully saturated rings. The van der Waals surface area contributed by atoms with Crippen LogP contribution < -0.4 is 15.8 Å². The first-order valence-corrected chi connectivity index (χ1v) is 6.73. The summed E-state index contributed by atoms with van der Waals surface area (Å²) in [5.41, 5.74) is 6.79. The van der Waals surface area contributed by atoms with Crippen molar-refractivity contribution in [1.82, 2.24) is 0 Å². The number of hydrogen-bond acceptors (Lipinski definition) is 2. The van der Waals surface area contributed by atoms with E-state index in [1.165, 1.54) is 0 Å². The topological polar surface area (TPSA) is 59.6 Å². The number of rotatable bonds is 5. The molecule has 0 saturated carbocycles. The SMILES string of the molecule is COc1ccc(NC(N)=NCCc2cc(F)ccc2F)cc1. The molecule has 0 bridgehead atoms. The monoisotopic (exact) mass is 305 g/mol. The number of guanidine groups is 1. The summed E-state index contributed by atoms with van der Waals surface area (Å²) >= 11 is 0. The van der Waals surface area contributed by atoms with Crippen LogP contribution in [0.15, 0.2) is 47.5 Å². The quantitative estimate of drug-likeness (QED) is 0.659. The van der Waals surface area contributed by atoms with E-state index in [4.69, 9.17) is 10.5 Å². The minimum atomic E-state index is -0.468. The van der Waals surface area contributed by atoms with Gasteiger partial charge < -0.3 is 15.8 Å². The van der Waals surface area contributed by atoms with Crippen molar-refractivity contribution < 1.29 is 13.5 Å². The molecule has 0 unspecified atom stereocenters. The Morgan fingerprint density at radius 1 is 1.18 bits per heavy atom. The molecule has 4 nitrogen and oxygen atoms in total. The molecule has 0 spiro atoms. The molecule has 0 aliphatic rings. The lowest BCUT2D eigenvalue weighted by molar-refractivity contribution is 0.415. The average Bonchev–Trinajstić information content (AvgIpc) is 2.51. The summed E-state index contributed by atoms with van der Waals surface area (Å²) in [6, 6.07) is 10.5. The second-order valence-electron chi connectivity index (χ2n) is 4.61. The first-order valence-electron chi connectivity index (χ1n) is 6.73. The molecule has 6 heteroatoms. The fourth-order valence-electron chi connectivity index (χ4n) is 1.89. The van der Waals surface area contributed by atoms with Gasteiger partial charge >= 0.3 is 0 Å². The van der Waals surface area contributed by atoms with Crippen molar-refractivity contribution in [3.8, 4) is 5.75 Å². The van der Waals surface area contributed by atoms with E-state index in [1.54, 1.807) is 31.4 Å². The second kappa shape index (κ2) is 7.40. The predicted molar refractivity (Wildman–Crippen MR) is 83.2 cm³/mol. The number of halogens is 2. The number of benzene rings is 2. The number of aliphatic imine (C=N–C) groups is 1. The summed E-state index contributed by atoms with van der Waals surface area (Å²) in [4.78, 5) is 4.09. The molecule has 0 aliphatic carbocycles. The molecule has 0 radical (unpaired) electrons. The lowest BCUT2D eigenvalue weighted by Gasteiger charge is -2.07. The van der Waals surface area contributed by atoms with Gasteiger partial charge in [0, 0.05) is 12.2 Å². The van der Waals surface area contributed by atoms with E-state index in [-0.39, 0.29) is 24.5 Å². The summed E-state index contributed by atoms with van der Waals surface area (Å²) in [6.07, 6.45) is 0.272. The van der Waals surface area contributed by atoms with Gasteiger partial charge in [-0.05, 0) is 54.4 Å². The van der Waals surface area contributed by atoms with Gasteiger partial charge in [-0.1, -0.05) is 0 Å². The zero-order chi connectivity index (χ0) is 15.9. The van der Waals surface area contributed by atoms with Gasteiger partial charge in [0.15, 0.2) is 5.96 Å². The van der Waals surface area contributed by atoms with Crippen molar-refractivity contribution in [2.75, 3.05) is 19.0 Å². The third kappa shape index (κ3) is 4.44. The first kappa shape index (κ1) is 15.8. The first-order chi connectivity index (χ1) is 10.6. The lowest BCUT2D eigenvalue weighted by Crippen LogP contribution is -2.23. The van der Waals surface area contributed by atoms with Crippen molar-refractivity contribution >= 4 is 11.6 Å². The molecule has 0 aliphatic heterocycles. The normalized spacial score (nSPS) is 11.3. The highest BCUT2D eigenvalue weighted by molar-refractivity contribution is 5.92. The molecule has 116 valence electrons. The Hall–Kier alpha value is -2.63. The highest BCUT2D eigenvalue weighted by Gasteiger charge is 2.03. The second-order valence-corrected chi connectivity index (χ2v) is 4.61. The van der Waals surface area contributed by atoms with Crippen LogP contribution in [0.2, 0.25) is 0 Å². The lowest BCUT2D eigenvalue weighted by atomic mass is 10.1. The van der Waals surface area contributed by atoms with Crippen molar-refractivity contribution in [3.05, 3.63) is 59.7 Å². The van der Waals surface area contributed by atoms with E-state index in [2.05, 4.69) is 10.3 Å². The molecule has 22 heavy (non-hydrogen) atoms. The number of hydrogen-bond donors (Lipinski definition) is 2. The van der Waals surface area contributed by atoms with Crippen LogP contribution in [0.25, 0.3) is 0 Å². The summed E-state index contributed by atoms with van der Waals surface area (Å²) in [5, 5.41) is 2.91. The number of nitrogens with zero attached hydrogens (tertiary/aromatic N) is 1. The van der Waals surface area contributed by atoms with Gasteiger partial charge in [0.25, 0.3) is 0 Å². The fraction of sp³-hybridized carbons (Fsp3) is 0.188. The molecule has 3 N–H and O–H groups in total. The van der Waals surface area contributed by atoms with Crippen LogP contribution in [0.5, 0.6) is 5.75 Å². The van der Waals surface area contributed by atoms with E-state index in [0.717, 1.165) is 29.6 Å². The molecule has 2 rings (SSSR count). The maximum absolute atomic E-state index is 13.4. The number of nitrogens with two attached hydrogens (primary N) is 1.